The Balaban J connectivity index is 1.50. The second-order valence-electron chi connectivity index (χ2n) is 6.53. The Hall–Kier alpha value is -3.47. The lowest BCUT2D eigenvalue weighted by molar-refractivity contribution is -0.121. The van der Waals surface area contributed by atoms with Crippen molar-refractivity contribution >= 4 is 5.91 Å². The third kappa shape index (κ3) is 4.62. The largest absolute Gasteiger partial charge is 0.352 e. The molecule has 0 aliphatic carbocycles. The molecule has 0 radical (unpaired) electrons. The number of carbonyl (C=O) groups excluding carboxylic acids is 1. The standard InChI is InChI=1S/C20H23N7O/c1-15-18(16(2)26(25-15)11-3-9-21)6-8-20(28)23-14-17-5-7-19(22-13-17)27-12-4-10-24-27/h4-5,7,10,12-13H,3,6,8,11,14H2,1-2H3,(H,23,28). The predicted molar refractivity (Wildman–Crippen MR) is 103 cm³/mol. The first-order valence-electron chi connectivity index (χ1n) is 9.20. The van der Waals surface area contributed by atoms with Crippen LogP contribution in [0.5, 0.6) is 0 Å². The zero-order valence-corrected chi connectivity index (χ0v) is 16.1. The first-order valence-corrected chi connectivity index (χ1v) is 9.20. The van der Waals surface area contributed by atoms with Crippen molar-refractivity contribution in [3.05, 3.63) is 59.3 Å². The van der Waals surface area contributed by atoms with Gasteiger partial charge in [0.25, 0.3) is 0 Å². The Kier molecular flexibility index (Phi) is 6.17. The van der Waals surface area contributed by atoms with Crippen molar-refractivity contribution < 1.29 is 4.79 Å². The summed E-state index contributed by atoms with van der Waals surface area (Å²) in [7, 11) is 0. The van der Waals surface area contributed by atoms with E-state index in [4.69, 9.17) is 5.26 Å². The Morgan fingerprint density at radius 3 is 2.86 bits per heavy atom. The maximum Gasteiger partial charge on any atom is 0.220 e. The highest BCUT2D eigenvalue weighted by atomic mass is 16.1. The Morgan fingerprint density at radius 2 is 2.18 bits per heavy atom. The number of aryl methyl sites for hydroxylation is 2. The van der Waals surface area contributed by atoms with Gasteiger partial charge in [-0.2, -0.15) is 15.5 Å². The van der Waals surface area contributed by atoms with Gasteiger partial charge in [0, 0.05) is 37.3 Å². The van der Waals surface area contributed by atoms with E-state index in [0.29, 0.717) is 32.4 Å². The van der Waals surface area contributed by atoms with Crippen LogP contribution in [0, 0.1) is 25.2 Å². The van der Waals surface area contributed by atoms with Crippen molar-refractivity contribution in [3.8, 4) is 11.9 Å². The fourth-order valence-electron chi connectivity index (χ4n) is 3.06. The van der Waals surface area contributed by atoms with Crippen LogP contribution in [0.3, 0.4) is 0 Å². The lowest BCUT2D eigenvalue weighted by Gasteiger charge is -2.07. The molecular formula is C20H23N7O. The summed E-state index contributed by atoms with van der Waals surface area (Å²) in [6.07, 6.45) is 6.72. The minimum atomic E-state index is -0.0141. The van der Waals surface area contributed by atoms with E-state index in [2.05, 4.69) is 26.6 Å². The van der Waals surface area contributed by atoms with Crippen LogP contribution in [-0.2, 0) is 24.3 Å². The lowest BCUT2D eigenvalue weighted by atomic mass is 10.1. The molecule has 1 N–H and O–H groups in total. The van der Waals surface area contributed by atoms with Crippen molar-refractivity contribution in [1.29, 1.82) is 5.26 Å². The number of nitrogens with one attached hydrogen (secondary N) is 1. The molecule has 0 aliphatic rings. The molecule has 3 aromatic heterocycles. The van der Waals surface area contributed by atoms with Gasteiger partial charge in [0.05, 0.1) is 24.7 Å². The fraction of sp³-hybridized carbons (Fsp3) is 0.350. The summed E-state index contributed by atoms with van der Waals surface area (Å²) in [5.74, 6) is 0.721. The predicted octanol–water partition coefficient (Wildman–Crippen LogP) is 2.24. The van der Waals surface area contributed by atoms with E-state index in [-0.39, 0.29) is 5.91 Å². The zero-order valence-electron chi connectivity index (χ0n) is 16.1. The smallest absolute Gasteiger partial charge is 0.220 e. The third-order valence-electron chi connectivity index (χ3n) is 4.61. The van der Waals surface area contributed by atoms with Gasteiger partial charge in [-0.15, -0.1) is 0 Å². The summed E-state index contributed by atoms with van der Waals surface area (Å²) in [6.45, 7) is 4.94. The highest BCUT2D eigenvalue weighted by Gasteiger charge is 2.13. The van der Waals surface area contributed by atoms with E-state index >= 15 is 0 Å². The van der Waals surface area contributed by atoms with Gasteiger partial charge in [-0.3, -0.25) is 9.48 Å². The van der Waals surface area contributed by atoms with Gasteiger partial charge in [-0.25, -0.2) is 9.67 Å². The molecule has 0 saturated heterocycles. The van der Waals surface area contributed by atoms with Crippen LogP contribution in [0.25, 0.3) is 5.82 Å². The van der Waals surface area contributed by atoms with Gasteiger partial charge in [0.1, 0.15) is 0 Å². The van der Waals surface area contributed by atoms with E-state index in [1.807, 2.05) is 42.9 Å². The molecule has 0 aliphatic heterocycles. The molecule has 0 atom stereocenters. The fourth-order valence-corrected chi connectivity index (χ4v) is 3.06. The van der Waals surface area contributed by atoms with Crippen LogP contribution >= 0.6 is 0 Å². The molecule has 1 amide bonds. The molecule has 0 bridgehead atoms. The van der Waals surface area contributed by atoms with Gasteiger partial charge >= 0.3 is 0 Å². The lowest BCUT2D eigenvalue weighted by Crippen LogP contribution is -2.23. The normalized spacial score (nSPS) is 10.6. The van der Waals surface area contributed by atoms with Gasteiger partial charge in [-0.05, 0) is 43.5 Å². The van der Waals surface area contributed by atoms with Gasteiger partial charge < -0.3 is 5.32 Å². The number of amides is 1. The Morgan fingerprint density at radius 1 is 1.32 bits per heavy atom. The van der Waals surface area contributed by atoms with Crippen LogP contribution in [0.4, 0.5) is 0 Å². The molecule has 3 aromatic rings. The summed E-state index contributed by atoms with van der Waals surface area (Å²) in [4.78, 5) is 16.6. The van der Waals surface area contributed by atoms with Crippen molar-refractivity contribution in [1.82, 2.24) is 29.9 Å². The summed E-state index contributed by atoms with van der Waals surface area (Å²) >= 11 is 0. The van der Waals surface area contributed by atoms with Gasteiger partial charge in [-0.1, -0.05) is 6.07 Å². The summed E-state index contributed by atoms with van der Waals surface area (Å²) in [6, 6.07) is 7.77. The average Bonchev–Trinajstić information content (AvgIpc) is 3.32. The minimum Gasteiger partial charge on any atom is -0.352 e. The molecule has 0 spiro atoms. The van der Waals surface area contributed by atoms with Gasteiger partial charge in [0.2, 0.25) is 5.91 Å². The number of nitrogens with zero attached hydrogens (tertiary/aromatic N) is 6. The van der Waals surface area contributed by atoms with Crippen LogP contribution in [-0.4, -0.2) is 30.5 Å². The number of rotatable bonds is 8. The minimum absolute atomic E-state index is 0.0141. The average molecular weight is 377 g/mol. The number of carbonyl (C=O) groups is 1. The molecule has 0 unspecified atom stereocenters. The van der Waals surface area contributed by atoms with Crippen LogP contribution < -0.4 is 5.32 Å². The number of nitriles is 1. The number of aromatic nitrogens is 5. The Bertz CT molecular complexity index is 965. The van der Waals surface area contributed by atoms with Gasteiger partial charge in [0.15, 0.2) is 5.82 Å². The Labute approximate surface area is 163 Å². The molecule has 8 nitrogen and oxygen atoms in total. The summed E-state index contributed by atoms with van der Waals surface area (Å²) < 4.78 is 3.53. The highest BCUT2D eigenvalue weighted by molar-refractivity contribution is 5.76. The first-order chi connectivity index (χ1) is 13.6. The maximum atomic E-state index is 12.2. The molecule has 144 valence electrons. The molecule has 8 heteroatoms. The molecule has 3 rings (SSSR count). The summed E-state index contributed by atoms with van der Waals surface area (Å²) in [5.41, 5.74) is 3.96. The SMILES string of the molecule is Cc1nn(CCC#N)c(C)c1CCC(=O)NCc1ccc(-n2cccn2)nc1. The monoisotopic (exact) mass is 377 g/mol. The van der Waals surface area contributed by atoms with Crippen LogP contribution in [0.2, 0.25) is 0 Å². The molecule has 0 fully saturated rings. The molecule has 0 aromatic carbocycles. The quantitative estimate of drug-likeness (QED) is 0.649. The van der Waals surface area contributed by atoms with Crippen LogP contribution in [0.15, 0.2) is 36.8 Å². The van der Waals surface area contributed by atoms with Crippen molar-refractivity contribution in [2.75, 3.05) is 0 Å². The van der Waals surface area contributed by atoms with Crippen molar-refractivity contribution in [2.45, 2.75) is 46.2 Å². The van der Waals surface area contributed by atoms with E-state index in [9.17, 15) is 4.79 Å². The number of pyridine rings is 1. The maximum absolute atomic E-state index is 12.2. The van der Waals surface area contributed by atoms with E-state index in [1.54, 1.807) is 17.1 Å². The topological polar surface area (TPSA) is 101 Å². The zero-order chi connectivity index (χ0) is 19.9. The molecule has 0 saturated carbocycles. The van der Waals surface area contributed by atoms with Crippen molar-refractivity contribution in [2.24, 2.45) is 0 Å². The third-order valence-corrected chi connectivity index (χ3v) is 4.61. The number of hydrogen-bond donors (Lipinski definition) is 1. The second-order valence-corrected chi connectivity index (χ2v) is 6.53. The number of hydrogen-bond acceptors (Lipinski definition) is 5. The van der Waals surface area contributed by atoms with Crippen molar-refractivity contribution in [3.63, 3.8) is 0 Å². The van der Waals surface area contributed by atoms with Crippen LogP contribution in [0.1, 0.15) is 35.4 Å². The molecular weight excluding hydrogens is 354 g/mol. The summed E-state index contributed by atoms with van der Waals surface area (Å²) in [5, 5.41) is 20.3. The van der Waals surface area contributed by atoms with E-state index in [0.717, 1.165) is 28.3 Å². The first kappa shape index (κ1) is 19.3. The van der Waals surface area contributed by atoms with E-state index < -0.39 is 0 Å². The molecule has 28 heavy (non-hydrogen) atoms. The second kappa shape index (κ2) is 8.95. The molecule has 3 heterocycles. The highest BCUT2D eigenvalue weighted by Crippen LogP contribution is 2.15. The van der Waals surface area contributed by atoms with E-state index in [1.165, 1.54) is 0 Å².